The first-order chi connectivity index (χ1) is 9.88. The number of hydrogen-bond acceptors (Lipinski definition) is 4. The summed E-state index contributed by atoms with van der Waals surface area (Å²) in [5.41, 5.74) is 0.896. The molecule has 1 aromatic rings. The molecular weight excluding hydrogens is 288 g/mol. The van der Waals surface area contributed by atoms with Crippen LogP contribution in [0.5, 0.6) is 0 Å². The summed E-state index contributed by atoms with van der Waals surface area (Å²) in [6, 6.07) is 6.81. The van der Waals surface area contributed by atoms with Crippen molar-refractivity contribution in [2.75, 3.05) is 12.8 Å². The molecular formula is C15H22N2O3S. The molecule has 1 aliphatic rings. The van der Waals surface area contributed by atoms with Crippen LogP contribution in [-0.4, -0.2) is 33.2 Å². The number of amides is 1. The number of hydrogen-bond donors (Lipinski definition) is 2. The molecule has 6 heteroatoms. The van der Waals surface area contributed by atoms with Gasteiger partial charge in [0.2, 0.25) is 5.91 Å². The minimum absolute atomic E-state index is 0.00837. The van der Waals surface area contributed by atoms with Gasteiger partial charge in [-0.2, -0.15) is 0 Å². The molecule has 2 rings (SSSR count). The minimum atomic E-state index is -3.17. The van der Waals surface area contributed by atoms with Gasteiger partial charge in [-0.05, 0) is 44.0 Å². The summed E-state index contributed by atoms with van der Waals surface area (Å²) >= 11 is 0. The van der Waals surface area contributed by atoms with Crippen molar-refractivity contribution in [2.24, 2.45) is 5.92 Å². The second-order valence-electron chi connectivity index (χ2n) is 5.63. The van der Waals surface area contributed by atoms with E-state index in [1.807, 2.05) is 6.92 Å². The Labute approximate surface area is 126 Å². The van der Waals surface area contributed by atoms with Gasteiger partial charge in [0.15, 0.2) is 9.84 Å². The maximum atomic E-state index is 12.2. The lowest BCUT2D eigenvalue weighted by molar-refractivity contribution is -0.126. The molecule has 0 radical (unpaired) electrons. The van der Waals surface area contributed by atoms with Gasteiger partial charge in [-0.1, -0.05) is 12.1 Å². The van der Waals surface area contributed by atoms with Crippen molar-refractivity contribution in [3.63, 3.8) is 0 Å². The van der Waals surface area contributed by atoms with Gasteiger partial charge in [-0.25, -0.2) is 8.42 Å². The molecule has 0 spiro atoms. The number of sulfone groups is 1. The molecule has 1 heterocycles. The zero-order valence-electron chi connectivity index (χ0n) is 12.4. The Hall–Kier alpha value is -1.40. The molecule has 1 aliphatic heterocycles. The first-order valence-corrected chi connectivity index (χ1v) is 9.07. The molecule has 0 saturated carbocycles. The van der Waals surface area contributed by atoms with Crippen LogP contribution in [0.4, 0.5) is 0 Å². The van der Waals surface area contributed by atoms with E-state index in [4.69, 9.17) is 0 Å². The highest BCUT2D eigenvalue weighted by atomic mass is 32.2. The molecule has 0 bridgehead atoms. The molecule has 1 amide bonds. The van der Waals surface area contributed by atoms with Crippen LogP contribution < -0.4 is 10.6 Å². The van der Waals surface area contributed by atoms with Crippen LogP contribution in [-0.2, 0) is 21.2 Å². The number of piperidine rings is 1. The van der Waals surface area contributed by atoms with Crippen LogP contribution in [0.2, 0.25) is 0 Å². The first-order valence-electron chi connectivity index (χ1n) is 7.18. The Bertz CT molecular complexity index is 596. The van der Waals surface area contributed by atoms with Gasteiger partial charge >= 0.3 is 0 Å². The third-order valence-electron chi connectivity index (χ3n) is 3.92. The van der Waals surface area contributed by atoms with Crippen LogP contribution >= 0.6 is 0 Å². The van der Waals surface area contributed by atoms with Gasteiger partial charge in [0.25, 0.3) is 0 Å². The Kier molecular flexibility index (Phi) is 5.00. The number of nitrogens with one attached hydrogen (secondary N) is 2. The third-order valence-corrected chi connectivity index (χ3v) is 5.05. The molecule has 116 valence electrons. The number of carbonyl (C=O) groups is 1. The summed E-state index contributed by atoms with van der Waals surface area (Å²) < 4.78 is 22.8. The second kappa shape index (κ2) is 6.58. The number of benzene rings is 1. The Morgan fingerprint density at radius 3 is 2.57 bits per heavy atom. The molecule has 0 aromatic heterocycles. The minimum Gasteiger partial charge on any atom is -0.352 e. The molecule has 5 nitrogen and oxygen atoms in total. The van der Waals surface area contributed by atoms with Gasteiger partial charge in [-0.15, -0.1) is 0 Å². The normalized spacial score (nSPS) is 22.8. The van der Waals surface area contributed by atoms with E-state index in [-0.39, 0.29) is 17.9 Å². The van der Waals surface area contributed by atoms with Crippen molar-refractivity contribution >= 4 is 15.7 Å². The quantitative estimate of drug-likeness (QED) is 0.873. The van der Waals surface area contributed by atoms with Crippen molar-refractivity contribution in [2.45, 2.75) is 37.2 Å². The van der Waals surface area contributed by atoms with Crippen molar-refractivity contribution < 1.29 is 13.2 Å². The van der Waals surface area contributed by atoms with E-state index in [1.165, 1.54) is 6.26 Å². The van der Waals surface area contributed by atoms with E-state index >= 15 is 0 Å². The van der Waals surface area contributed by atoms with E-state index in [1.54, 1.807) is 24.3 Å². The molecule has 21 heavy (non-hydrogen) atoms. The highest BCUT2D eigenvalue weighted by molar-refractivity contribution is 7.90. The van der Waals surface area contributed by atoms with Gasteiger partial charge in [0.05, 0.1) is 10.8 Å². The topological polar surface area (TPSA) is 75.3 Å². The van der Waals surface area contributed by atoms with Crippen molar-refractivity contribution in [1.82, 2.24) is 10.6 Å². The molecule has 2 N–H and O–H groups in total. The maximum absolute atomic E-state index is 12.2. The smallest absolute Gasteiger partial charge is 0.224 e. The number of rotatable bonds is 4. The first kappa shape index (κ1) is 16.0. The monoisotopic (exact) mass is 310 g/mol. The van der Waals surface area contributed by atoms with Crippen LogP contribution in [0.1, 0.15) is 25.3 Å². The average molecular weight is 310 g/mol. The lowest BCUT2D eigenvalue weighted by atomic mass is 9.91. The maximum Gasteiger partial charge on any atom is 0.224 e. The van der Waals surface area contributed by atoms with Crippen molar-refractivity contribution in [1.29, 1.82) is 0 Å². The van der Waals surface area contributed by atoms with E-state index in [2.05, 4.69) is 10.6 Å². The SMILES string of the molecule is CC1NCCCC1C(=O)NCc1ccc(S(C)(=O)=O)cc1. The molecule has 2 unspecified atom stereocenters. The molecule has 2 atom stereocenters. The average Bonchev–Trinajstić information content (AvgIpc) is 2.45. The molecule has 1 aromatic carbocycles. The van der Waals surface area contributed by atoms with Gasteiger partial charge < -0.3 is 10.6 Å². The summed E-state index contributed by atoms with van der Waals surface area (Å²) in [4.78, 5) is 12.5. The third kappa shape index (κ3) is 4.28. The second-order valence-corrected chi connectivity index (χ2v) is 7.64. The zero-order chi connectivity index (χ0) is 15.5. The fourth-order valence-corrected chi connectivity index (χ4v) is 3.21. The van der Waals surface area contributed by atoms with Crippen molar-refractivity contribution in [3.8, 4) is 0 Å². The zero-order valence-corrected chi connectivity index (χ0v) is 13.2. The van der Waals surface area contributed by atoms with Gasteiger partial charge in [-0.3, -0.25) is 4.79 Å². The highest BCUT2D eigenvalue weighted by Gasteiger charge is 2.27. The summed E-state index contributed by atoms with van der Waals surface area (Å²) in [5, 5.41) is 6.24. The summed E-state index contributed by atoms with van der Waals surface area (Å²) in [5.74, 6) is 0.0657. The lowest BCUT2D eigenvalue weighted by Gasteiger charge is -2.28. The van der Waals surface area contributed by atoms with Crippen LogP contribution in [0.25, 0.3) is 0 Å². The summed E-state index contributed by atoms with van der Waals surface area (Å²) in [7, 11) is -3.17. The lowest BCUT2D eigenvalue weighted by Crippen LogP contribution is -2.46. The summed E-state index contributed by atoms with van der Waals surface area (Å²) in [6.45, 7) is 3.42. The van der Waals surface area contributed by atoms with E-state index in [0.29, 0.717) is 11.4 Å². The Morgan fingerprint density at radius 1 is 1.33 bits per heavy atom. The standard InChI is InChI=1S/C15H22N2O3S/c1-11-14(4-3-9-16-11)15(18)17-10-12-5-7-13(8-6-12)21(2,19)20/h5-8,11,14,16H,3-4,9-10H2,1-2H3,(H,17,18). The van der Waals surface area contributed by atoms with Crippen LogP contribution in [0.3, 0.4) is 0 Å². The van der Waals surface area contributed by atoms with E-state index in [9.17, 15) is 13.2 Å². The molecule has 1 fully saturated rings. The fourth-order valence-electron chi connectivity index (χ4n) is 2.58. The van der Waals surface area contributed by atoms with Crippen LogP contribution in [0.15, 0.2) is 29.2 Å². The van der Waals surface area contributed by atoms with Gasteiger partial charge in [0.1, 0.15) is 0 Å². The molecule has 1 saturated heterocycles. The van der Waals surface area contributed by atoms with E-state index < -0.39 is 9.84 Å². The van der Waals surface area contributed by atoms with E-state index in [0.717, 1.165) is 24.9 Å². The Morgan fingerprint density at radius 2 is 2.00 bits per heavy atom. The fraction of sp³-hybridized carbons (Fsp3) is 0.533. The number of carbonyl (C=O) groups excluding carboxylic acids is 1. The van der Waals surface area contributed by atoms with Crippen molar-refractivity contribution in [3.05, 3.63) is 29.8 Å². The summed E-state index contributed by atoms with van der Waals surface area (Å²) in [6.07, 6.45) is 3.11. The highest BCUT2D eigenvalue weighted by Crippen LogP contribution is 2.16. The predicted octanol–water partition coefficient (Wildman–Crippen LogP) is 1.09. The predicted molar refractivity (Wildman–Crippen MR) is 81.6 cm³/mol. The largest absolute Gasteiger partial charge is 0.352 e. The Balaban J connectivity index is 1.92. The van der Waals surface area contributed by atoms with Gasteiger partial charge in [0, 0.05) is 18.8 Å². The van der Waals surface area contributed by atoms with Crippen LogP contribution in [0, 0.1) is 5.92 Å². The molecule has 0 aliphatic carbocycles.